The van der Waals surface area contributed by atoms with Gasteiger partial charge in [-0.15, -0.1) is 0 Å². The van der Waals surface area contributed by atoms with Crippen LogP contribution in [0.25, 0.3) is 0 Å². The van der Waals surface area contributed by atoms with Gasteiger partial charge < -0.3 is 5.73 Å². The first-order valence-electron chi connectivity index (χ1n) is 7.99. The van der Waals surface area contributed by atoms with Gasteiger partial charge in [0.2, 0.25) is 0 Å². The number of benzene rings is 2. The van der Waals surface area contributed by atoms with Crippen molar-refractivity contribution in [3.63, 3.8) is 0 Å². The molecule has 0 saturated heterocycles. The molecule has 3 rings (SSSR count). The smallest absolute Gasteiger partial charge is 0.0849 e. The maximum absolute atomic E-state index is 12.0. The van der Waals surface area contributed by atoms with Gasteiger partial charge in [-0.3, -0.25) is 0 Å². The molecule has 1 fully saturated rings. The monoisotopic (exact) mass is 345 g/mol. The quantitative estimate of drug-likeness (QED) is 0.820. The molecule has 2 nitrogen and oxygen atoms in total. The van der Waals surface area contributed by atoms with Crippen molar-refractivity contribution in [2.75, 3.05) is 0 Å². The summed E-state index contributed by atoms with van der Waals surface area (Å²) in [4.78, 5) is 2.42. The third-order valence-electron chi connectivity index (χ3n) is 3.92. The van der Waals surface area contributed by atoms with Crippen LogP contribution >= 0.6 is 12.2 Å². The first kappa shape index (κ1) is 17.8. The summed E-state index contributed by atoms with van der Waals surface area (Å²) in [5, 5.41) is 0. The van der Waals surface area contributed by atoms with Crippen molar-refractivity contribution >= 4 is 28.0 Å². The molecule has 1 aliphatic rings. The van der Waals surface area contributed by atoms with Gasteiger partial charge in [-0.25, -0.2) is 4.21 Å². The zero-order valence-corrected chi connectivity index (χ0v) is 14.8. The maximum Gasteiger partial charge on any atom is 0.0849 e. The van der Waals surface area contributed by atoms with Gasteiger partial charge in [0.1, 0.15) is 0 Å². The SMILES string of the molecule is NC(=S)C1CCCCC1.O=S(c1ccccc1)c1ccccc1. The maximum atomic E-state index is 12.0. The molecule has 0 heterocycles. The second-order valence-corrected chi connectivity index (χ2v) is 7.58. The summed E-state index contributed by atoms with van der Waals surface area (Å²) < 4.78 is 12.0. The van der Waals surface area contributed by atoms with Crippen LogP contribution in [0.1, 0.15) is 32.1 Å². The first-order chi connectivity index (χ1) is 11.2. The van der Waals surface area contributed by atoms with Crippen LogP contribution in [0.4, 0.5) is 0 Å². The number of rotatable bonds is 3. The van der Waals surface area contributed by atoms with E-state index in [4.69, 9.17) is 18.0 Å². The molecule has 1 aliphatic carbocycles. The number of nitrogens with two attached hydrogens (primary N) is 1. The van der Waals surface area contributed by atoms with Crippen LogP contribution < -0.4 is 5.73 Å². The number of thiocarbonyl (C=S) groups is 1. The molecule has 122 valence electrons. The van der Waals surface area contributed by atoms with Crippen LogP contribution in [0.3, 0.4) is 0 Å². The Bertz CT molecular complexity index is 581. The van der Waals surface area contributed by atoms with Gasteiger partial charge in [0.05, 0.1) is 15.8 Å². The molecule has 0 unspecified atom stereocenters. The van der Waals surface area contributed by atoms with E-state index < -0.39 is 10.8 Å². The fourth-order valence-corrected chi connectivity index (χ4v) is 3.93. The summed E-state index contributed by atoms with van der Waals surface area (Å²) >= 11 is 4.89. The molecular weight excluding hydrogens is 322 g/mol. The van der Waals surface area contributed by atoms with Gasteiger partial charge in [-0.05, 0) is 37.1 Å². The molecule has 23 heavy (non-hydrogen) atoms. The molecule has 2 aromatic carbocycles. The number of hydrogen-bond acceptors (Lipinski definition) is 2. The summed E-state index contributed by atoms with van der Waals surface area (Å²) in [5.41, 5.74) is 5.50. The lowest BCUT2D eigenvalue weighted by atomic mass is 9.89. The molecule has 0 aliphatic heterocycles. The van der Waals surface area contributed by atoms with Crippen molar-refractivity contribution in [3.05, 3.63) is 60.7 Å². The van der Waals surface area contributed by atoms with Crippen molar-refractivity contribution in [2.24, 2.45) is 11.7 Å². The van der Waals surface area contributed by atoms with Crippen LogP contribution in [-0.2, 0) is 10.8 Å². The second-order valence-electron chi connectivity index (χ2n) is 5.63. The van der Waals surface area contributed by atoms with Crippen LogP contribution in [0.5, 0.6) is 0 Å². The van der Waals surface area contributed by atoms with E-state index in [1.54, 1.807) is 0 Å². The van der Waals surface area contributed by atoms with Gasteiger partial charge in [0.15, 0.2) is 0 Å². The van der Waals surface area contributed by atoms with E-state index in [2.05, 4.69) is 0 Å². The molecule has 2 aromatic rings. The Kier molecular flexibility index (Phi) is 7.43. The molecule has 0 amide bonds. The molecule has 0 bridgehead atoms. The van der Waals surface area contributed by atoms with Crippen molar-refractivity contribution in [1.82, 2.24) is 0 Å². The van der Waals surface area contributed by atoms with Crippen molar-refractivity contribution < 1.29 is 4.21 Å². The third kappa shape index (κ3) is 5.88. The lowest BCUT2D eigenvalue weighted by Crippen LogP contribution is -2.22. The summed E-state index contributed by atoms with van der Waals surface area (Å²) in [6, 6.07) is 19.0. The molecule has 0 radical (unpaired) electrons. The molecule has 0 atom stereocenters. The topological polar surface area (TPSA) is 43.1 Å². The largest absolute Gasteiger partial charge is 0.393 e. The molecule has 0 spiro atoms. The predicted molar refractivity (Wildman–Crippen MR) is 101 cm³/mol. The van der Waals surface area contributed by atoms with Gasteiger partial charge in [0.25, 0.3) is 0 Å². The average Bonchev–Trinajstić information content (AvgIpc) is 2.64. The number of hydrogen-bond donors (Lipinski definition) is 1. The van der Waals surface area contributed by atoms with E-state index >= 15 is 0 Å². The Balaban J connectivity index is 0.000000185. The Morgan fingerprint density at radius 2 is 1.30 bits per heavy atom. The Morgan fingerprint density at radius 1 is 0.870 bits per heavy atom. The summed E-state index contributed by atoms with van der Waals surface area (Å²) in [7, 11) is -1.05. The predicted octanol–water partition coefficient (Wildman–Crippen LogP) is 4.71. The van der Waals surface area contributed by atoms with Crippen LogP contribution in [0.15, 0.2) is 70.5 Å². The first-order valence-corrected chi connectivity index (χ1v) is 9.55. The highest BCUT2D eigenvalue weighted by atomic mass is 32.2. The summed E-state index contributed by atoms with van der Waals surface area (Å²) in [5.74, 6) is 0.564. The van der Waals surface area contributed by atoms with Gasteiger partial charge in [-0.2, -0.15) is 0 Å². The molecule has 0 aromatic heterocycles. The van der Waals surface area contributed by atoms with E-state index in [0.717, 1.165) is 14.8 Å². The zero-order chi connectivity index (χ0) is 16.5. The standard InChI is InChI=1S/C12H10OS.C7H13NS/c13-14(11-7-3-1-4-8-11)12-9-5-2-6-10-12;8-7(9)6-4-2-1-3-5-6/h1-10H;6H,1-5H2,(H2,8,9). The normalized spacial score (nSPS) is 14.8. The Hall–Kier alpha value is -1.52. The highest BCUT2D eigenvalue weighted by Gasteiger charge is 2.14. The average molecular weight is 346 g/mol. The summed E-state index contributed by atoms with van der Waals surface area (Å²) in [6.07, 6.45) is 6.48. The van der Waals surface area contributed by atoms with Crippen molar-refractivity contribution in [3.8, 4) is 0 Å². The zero-order valence-electron chi connectivity index (χ0n) is 13.2. The van der Waals surface area contributed by atoms with E-state index in [-0.39, 0.29) is 0 Å². The van der Waals surface area contributed by atoms with Crippen molar-refractivity contribution in [2.45, 2.75) is 41.9 Å². The van der Waals surface area contributed by atoms with Crippen LogP contribution in [0, 0.1) is 5.92 Å². The second kappa shape index (κ2) is 9.58. The van der Waals surface area contributed by atoms with E-state index in [0.29, 0.717) is 5.92 Å². The minimum absolute atomic E-state index is 0.564. The van der Waals surface area contributed by atoms with E-state index in [9.17, 15) is 4.21 Å². The Morgan fingerprint density at radius 3 is 1.65 bits per heavy atom. The highest BCUT2D eigenvalue weighted by molar-refractivity contribution is 7.85. The fourth-order valence-electron chi connectivity index (χ4n) is 2.61. The molecule has 4 heteroatoms. The minimum atomic E-state index is -1.05. The third-order valence-corrected chi connectivity index (χ3v) is 5.66. The lowest BCUT2D eigenvalue weighted by molar-refractivity contribution is 0.441. The fraction of sp³-hybridized carbons (Fsp3) is 0.316. The van der Waals surface area contributed by atoms with Crippen LogP contribution in [-0.4, -0.2) is 9.20 Å². The Labute approximate surface area is 146 Å². The van der Waals surface area contributed by atoms with E-state index in [1.807, 2.05) is 60.7 Å². The molecular formula is C19H23NOS2. The minimum Gasteiger partial charge on any atom is -0.393 e. The molecule has 2 N–H and O–H groups in total. The van der Waals surface area contributed by atoms with Crippen molar-refractivity contribution in [1.29, 1.82) is 0 Å². The van der Waals surface area contributed by atoms with Gasteiger partial charge >= 0.3 is 0 Å². The van der Waals surface area contributed by atoms with E-state index in [1.165, 1.54) is 32.1 Å². The molecule has 1 saturated carbocycles. The lowest BCUT2D eigenvalue weighted by Gasteiger charge is -2.19. The highest BCUT2D eigenvalue weighted by Crippen LogP contribution is 2.23. The van der Waals surface area contributed by atoms with Gasteiger partial charge in [0, 0.05) is 15.7 Å². The van der Waals surface area contributed by atoms with Crippen LogP contribution in [0.2, 0.25) is 0 Å². The summed E-state index contributed by atoms with van der Waals surface area (Å²) in [6.45, 7) is 0. The van der Waals surface area contributed by atoms with Gasteiger partial charge in [-0.1, -0.05) is 67.9 Å².